The van der Waals surface area contributed by atoms with Crippen LogP contribution < -0.4 is 0 Å². The second-order valence-corrected chi connectivity index (χ2v) is 2.42. The van der Waals surface area contributed by atoms with Gasteiger partial charge in [-0.05, 0) is 12.5 Å². The van der Waals surface area contributed by atoms with Crippen molar-refractivity contribution < 1.29 is 0 Å². The number of hydrogen-bond donors (Lipinski definition) is 0. The fraction of sp³-hybridized carbons (Fsp3) is 0.333. The molecule has 1 rings (SSSR count). The van der Waals surface area contributed by atoms with Gasteiger partial charge in [-0.1, -0.05) is 24.3 Å². The summed E-state index contributed by atoms with van der Waals surface area (Å²) in [5, 5.41) is 0. The number of hydrogen-bond acceptors (Lipinski definition) is 1. The van der Waals surface area contributed by atoms with Crippen LogP contribution in [0.25, 0.3) is 0 Å². The molecule has 0 heterocycles. The summed E-state index contributed by atoms with van der Waals surface area (Å²) in [6, 6.07) is 0. The first-order valence-corrected chi connectivity index (χ1v) is 3.59. The maximum absolute atomic E-state index is 2.16. The van der Waals surface area contributed by atoms with Gasteiger partial charge in [-0.2, -0.15) is 0 Å². The molecule has 0 amide bonds. The van der Waals surface area contributed by atoms with Gasteiger partial charge >= 0.3 is 0 Å². The van der Waals surface area contributed by atoms with Crippen LogP contribution in [0.2, 0.25) is 0 Å². The van der Waals surface area contributed by atoms with Gasteiger partial charge in [0.25, 0.3) is 0 Å². The highest BCUT2D eigenvalue weighted by atomic mass is 15.1. The zero-order valence-electron chi connectivity index (χ0n) is 6.54. The van der Waals surface area contributed by atoms with E-state index in [1.165, 1.54) is 5.57 Å². The molecule has 0 aromatic rings. The van der Waals surface area contributed by atoms with Gasteiger partial charge in [0.2, 0.25) is 0 Å². The second-order valence-electron chi connectivity index (χ2n) is 2.42. The lowest BCUT2D eigenvalue weighted by molar-refractivity contribution is 0.482. The minimum Gasteiger partial charge on any atom is -0.380 e. The van der Waals surface area contributed by atoms with E-state index < -0.39 is 0 Å². The molecule has 1 heteroatoms. The highest BCUT2D eigenvalue weighted by molar-refractivity contribution is 5.39. The molecule has 0 aromatic carbocycles. The predicted molar refractivity (Wildman–Crippen MR) is 44.7 cm³/mol. The standard InChI is InChI=1S/C9H13N/c1-3-10(2)8-9-6-4-5-7-9/h4-8H,3H2,1-2H3. The second kappa shape index (κ2) is 3.25. The maximum Gasteiger partial charge on any atom is 0.0141 e. The molecule has 0 unspecified atom stereocenters. The van der Waals surface area contributed by atoms with Gasteiger partial charge in [0.05, 0.1) is 0 Å². The minimum atomic E-state index is 1.06. The Hall–Kier alpha value is -0.980. The van der Waals surface area contributed by atoms with Gasteiger partial charge < -0.3 is 4.90 Å². The number of allylic oxidation sites excluding steroid dienone is 5. The number of nitrogens with zero attached hydrogens (tertiary/aromatic N) is 1. The highest BCUT2D eigenvalue weighted by Gasteiger charge is 1.91. The summed E-state index contributed by atoms with van der Waals surface area (Å²) < 4.78 is 0. The molecule has 0 atom stereocenters. The molecule has 0 N–H and O–H groups in total. The average Bonchev–Trinajstić information content (AvgIpc) is 2.40. The zero-order valence-corrected chi connectivity index (χ0v) is 6.54. The Morgan fingerprint density at radius 3 is 2.50 bits per heavy atom. The summed E-state index contributed by atoms with van der Waals surface area (Å²) in [5.74, 6) is 0. The summed E-state index contributed by atoms with van der Waals surface area (Å²) in [6.07, 6.45) is 10.4. The molecule has 0 saturated carbocycles. The Morgan fingerprint density at radius 1 is 1.40 bits per heavy atom. The van der Waals surface area contributed by atoms with Gasteiger partial charge in [-0.3, -0.25) is 0 Å². The molecule has 0 saturated heterocycles. The molecule has 0 fully saturated rings. The van der Waals surface area contributed by atoms with Crippen molar-refractivity contribution in [3.63, 3.8) is 0 Å². The lowest BCUT2D eigenvalue weighted by atomic mass is 10.3. The first-order valence-electron chi connectivity index (χ1n) is 3.59. The van der Waals surface area contributed by atoms with E-state index in [0.29, 0.717) is 0 Å². The summed E-state index contributed by atoms with van der Waals surface area (Å²) >= 11 is 0. The average molecular weight is 135 g/mol. The molecule has 0 aromatic heterocycles. The monoisotopic (exact) mass is 135 g/mol. The van der Waals surface area contributed by atoms with Crippen molar-refractivity contribution in [2.45, 2.75) is 6.92 Å². The van der Waals surface area contributed by atoms with Crippen LogP contribution in [0.5, 0.6) is 0 Å². The predicted octanol–water partition coefficient (Wildman–Crippen LogP) is 1.95. The maximum atomic E-state index is 2.16. The van der Waals surface area contributed by atoms with E-state index in [2.05, 4.69) is 49.4 Å². The number of rotatable bonds is 2. The van der Waals surface area contributed by atoms with Gasteiger partial charge in [0.15, 0.2) is 0 Å². The Balaban J connectivity index is 2.54. The van der Waals surface area contributed by atoms with Crippen molar-refractivity contribution in [3.8, 4) is 0 Å². The van der Waals surface area contributed by atoms with Crippen molar-refractivity contribution >= 4 is 0 Å². The first kappa shape index (κ1) is 7.13. The van der Waals surface area contributed by atoms with E-state index in [-0.39, 0.29) is 0 Å². The molecule has 1 aliphatic carbocycles. The summed E-state index contributed by atoms with van der Waals surface area (Å²) in [5.41, 5.74) is 1.28. The third-order valence-electron chi connectivity index (χ3n) is 1.56. The molecule has 1 aliphatic rings. The largest absolute Gasteiger partial charge is 0.380 e. The molecular weight excluding hydrogens is 122 g/mol. The van der Waals surface area contributed by atoms with Crippen LogP contribution in [0.4, 0.5) is 0 Å². The highest BCUT2D eigenvalue weighted by Crippen LogP contribution is 2.07. The summed E-state index contributed by atoms with van der Waals surface area (Å²) in [4.78, 5) is 2.16. The van der Waals surface area contributed by atoms with Gasteiger partial charge in [0.1, 0.15) is 0 Å². The smallest absolute Gasteiger partial charge is 0.0141 e. The topological polar surface area (TPSA) is 3.24 Å². The van der Waals surface area contributed by atoms with Crippen molar-refractivity contribution in [3.05, 3.63) is 36.1 Å². The van der Waals surface area contributed by atoms with E-state index in [9.17, 15) is 0 Å². The normalized spacial score (nSPS) is 14.4. The molecule has 54 valence electrons. The van der Waals surface area contributed by atoms with E-state index in [4.69, 9.17) is 0 Å². The van der Waals surface area contributed by atoms with Gasteiger partial charge in [-0.15, -0.1) is 0 Å². The van der Waals surface area contributed by atoms with Crippen LogP contribution in [-0.4, -0.2) is 18.5 Å². The first-order chi connectivity index (χ1) is 4.83. The Kier molecular flexibility index (Phi) is 2.32. The third kappa shape index (κ3) is 1.76. The fourth-order valence-corrected chi connectivity index (χ4v) is 0.821. The third-order valence-corrected chi connectivity index (χ3v) is 1.56. The van der Waals surface area contributed by atoms with Gasteiger partial charge in [0, 0.05) is 19.8 Å². The summed E-state index contributed by atoms with van der Waals surface area (Å²) in [6.45, 7) is 3.20. The minimum absolute atomic E-state index is 1.06. The fourth-order valence-electron chi connectivity index (χ4n) is 0.821. The van der Waals surface area contributed by atoms with Crippen LogP contribution in [-0.2, 0) is 0 Å². The molecule has 0 spiro atoms. The van der Waals surface area contributed by atoms with Crippen molar-refractivity contribution in [1.82, 2.24) is 4.90 Å². The lowest BCUT2D eigenvalue weighted by Crippen LogP contribution is -2.09. The van der Waals surface area contributed by atoms with Crippen molar-refractivity contribution in [2.24, 2.45) is 0 Å². The van der Waals surface area contributed by atoms with Crippen LogP contribution >= 0.6 is 0 Å². The van der Waals surface area contributed by atoms with Crippen LogP contribution in [0, 0.1) is 0 Å². The molecule has 0 radical (unpaired) electrons. The van der Waals surface area contributed by atoms with Crippen LogP contribution in [0.3, 0.4) is 0 Å². The molecular formula is C9H13N. The molecule has 0 bridgehead atoms. The quantitative estimate of drug-likeness (QED) is 0.559. The van der Waals surface area contributed by atoms with Crippen molar-refractivity contribution in [1.29, 1.82) is 0 Å². The molecule has 1 nitrogen and oxygen atoms in total. The lowest BCUT2D eigenvalue weighted by Gasteiger charge is -2.09. The van der Waals surface area contributed by atoms with E-state index in [0.717, 1.165) is 6.54 Å². The molecule has 10 heavy (non-hydrogen) atoms. The van der Waals surface area contributed by atoms with Crippen LogP contribution in [0.15, 0.2) is 36.1 Å². The SMILES string of the molecule is CCN(C)C=C1C=CC=C1. The van der Waals surface area contributed by atoms with E-state index in [1.807, 2.05) is 0 Å². The Bertz CT molecular complexity index is 173. The van der Waals surface area contributed by atoms with E-state index >= 15 is 0 Å². The Morgan fingerprint density at radius 2 is 2.00 bits per heavy atom. The Labute approximate surface area is 62.3 Å². The van der Waals surface area contributed by atoms with Gasteiger partial charge in [-0.25, -0.2) is 0 Å². The van der Waals surface area contributed by atoms with E-state index in [1.54, 1.807) is 0 Å². The molecule has 0 aliphatic heterocycles. The zero-order chi connectivity index (χ0) is 7.40. The van der Waals surface area contributed by atoms with Crippen molar-refractivity contribution in [2.75, 3.05) is 13.6 Å². The summed E-state index contributed by atoms with van der Waals surface area (Å²) in [7, 11) is 2.08. The van der Waals surface area contributed by atoms with Crippen LogP contribution in [0.1, 0.15) is 6.92 Å².